The van der Waals surface area contributed by atoms with Crippen molar-refractivity contribution in [1.29, 1.82) is 0 Å². The molecule has 1 aliphatic rings. The van der Waals surface area contributed by atoms with E-state index in [1.165, 1.54) is 22.4 Å². The van der Waals surface area contributed by atoms with Crippen LogP contribution in [-0.4, -0.2) is 8.07 Å². The van der Waals surface area contributed by atoms with Crippen LogP contribution in [0.5, 0.6) is 0 Å². The molecule has 1 unspecified atom stereocenters. The summed E-state index contributed by atoms with van der Waals surface area (Å²) in [6, 6.07) is 22.2. The van der Waals surface area contributed by atoms with Crippen molar-refractivity contribution in [3.63, 3.8) is 0 Å². The van der Waals surface area contributed by atoms with Crippen LogP contribution in [0.2, 0.25) is 6.55 Å². The Morgan fingerprint density at radius 2 is 1.39 bits per heavy atom. The lowest BCUT2D eigenvalue weighted by atomic mass is 9.97. The molecule has 0 amide bonds. The normalized spacial score (nSPS) is 16.4. The van der Waals surface area contributed by atoms with Gasteiger partial charge in [0.1, 0.15) is 8.07 Å². The van der Waals surface area contributed by atoms with Crippen LogP contribution in [0.4, 0.5) is 0 Å². The van der Waals surface area contributed by atoms with Crippen molar-refractivity contribution in [1.82, 2.24) is 0 Å². The predicted molar refractivity (Wildman–Crippen MR) is 104 cm³/mol. The molecule has 2 aromatic rings. The molecule has 1 radical (unpaired) electrons. The van der Waals surface area contributed by atoms with Crippen LogP contribution < -0.4 is 10.4 Å². The second-order valence-electron chi connectivity index (χ2n) is 6.56. The fourth-order valence-corrected chi connectivity index (χ4v) is 7.57. The lowest BCUT2D eigenvalue weighted by Crippen LogP contribution is -2.60. The first-order chi connectivity index (χ1) is 11.2. The van der Waals surface area contributed by atoms with E-state index in [0.717, 1.165) is 0 Å². The van der Waals surface area contributed by atoms with Gasteiger partial charge in [-0.3, -0.25) is 0 Å². The third kappa shape index (κ3) is 2.86. The topological polar surface area (TPSA) is 0 Å². The molecule has 0 saturated carbocycles. The van der Waals surface area contributed by atoms with Crippen molar-refractivity contribution in [3.05, 3.63) is 90.0 Å². The number of hydrogen-bond acceptors (Lipinski definition) is 0. The maximum Gasteiger partial charge on any atom is 0.129 e. The van der Waals surface area contributed by atoms with Crippen molar-refractivity contribution in [3.8, 4) is 0 Å². The minimum atomic E-state index is -1.95. The van der Waals surface area contributed by atoms with Crippen LogP contribution in [0, 0.1) is 11.5 Å². The molecule has 117 valence electrons. The highest BCUT2D eigenvalue weighted by Crippen LogP contribution is 2.36. The third-order valence-corrected chi connectivity index (χ3v) is 9.74. The highest BCUT2D eigenvalue weighted by molar-refractivity contribution is 7.06. The molecule has 0 saturated heterocycles. The highest BCUT2D eigenvalue weighted by Gasteiger charge is 2.42. The minimum Gasteiger partial charge on any atom is -0.0753 e. The van der Waals surface area contributed by atoms with Gasteiger partial charge in [-0.1, -0.05) is 115 Å². The summed E-state index contributed by atoms with van der Waals surface area (Å²) in [5.41, 5.74) is 3.11. The predicted octanol–water partition coefficient (Wildman–Crippen LogP) is 4.54. The van der Waals surface area contributed by atoms with E-state index in [-0.39, 0.29) is 0 Å². The van der Waals surface area contributed by atoms with Crippen molar-refractivity contribution < 1.29 is 0 Å². The molecule has 0 nitrogen and oxygen atoms in total. The van der Waals surface area contributed by atoms with E-state index in [2.05, 4.69) is 99.3 Å². The van der Waals surface area contributed by atoms with E-state index in [1.54, 1.807) is 5.54 Å². The average Bonchev–Trinajstić information content (AvgIpc) is 3.12. The first-order valence-corrected chi connectivity index (χ1v) is 11.0. The highest BCUT2D eigenvalue weighted by atomic mass is 28.3. The first kappa shape index (κ1) is 16.0. The molecule has 1 aliphatic carbocycles. The molecule has 23 heavy (non-hydrogen) atoms. The molecule has 0 fully saturated rings. The lowest BCUT2D eigenvalue weighted by Gasteiger charge is -2.36. The van der Waals surface area contributed by atoms with E-state index in [0.29, 0.717) is 5.92 Å². The fraction of sp³-hybridized carbons (Fsp3) is 0.227. The second kappa shape index (κ2) is 6.72. The van der Waals surface area contributed by atoms with Crippen LogP contribution in [0.15, 0.2) is 84.5 Å². The van der Waals surface area contributed by atoms with Gasteiger partial charge < -0.3 is 0 Å². The largest absolute Gasteiger partial charge is 0.129 e. The Labute approximate surface area is 141 Å². The van der Waals surface area contributed by atoms with Crippen molar-refractivity contribution >= 4 is 18.4 Å². The first-order valence-electron chi connectivity index (χ1n) is 8.55. The van der Waals surface area contributed by atoms with E-state index >= 15 is 0 Å². The van der Waals surface area contributed by atoms with Gasteiger partial charge in [0.25, 0.3) is 0 Å². The minimum absolute atomic E-state index is 0.610. The molecule has 3 rings (SSSR count). The number of allylic oxidation sites excluding steroid dienone is 4. The molecular weight excluding hydrogens is 292 g/mol. The van der Waals surface area contributed by atoms with Gasteiger partial charge in [-0.15, -0.1) is 0 Å². The Balaban J connectivity index is 2.14. The number of benzene rings is 2. The van der Waals surface area contributed by atoms with E-state index in [9.17, 15) is 0 Å². The summed E-state index contributed by atoms with van der Waals surface area (Å²) in [5, 5.41) is 2.98. The van der Waals surface area contributed by atoms with Gasteiger partial charge in [-0.05, 0) is 12.3 Å². The van der Waals surface area contributed by atoms with Gasteiger partial charge in [-0.25, -0.2) is 0 Å². The summed E-state index contributed by atoms with van der Waals surface area (Å²) < 4.78 is 0. The van der Waals surface area contributed by atoms with Crippen LogP contribution in [-0.2, 0) is 0 Å². The molecule has 1 heteroatoms. The Hall–Kier alpha value is -1.86. The van der Waals surface area contributed by atoms with Crippen LogP contribution in [0.3, 0.4) is 0 Å². The molecule has 0 bridgehead atoms. The standard InChI is InChI=1S/C22H25Si/c1-4-18(2)21-16-11-17-22(21)23(3,19-12-7-5-8-13-19)20-14-9-6-10-15-20/h5-18H,4H2,1-3H3. The maximum absolute atomic E-state index is 2.50. The van der Waals surface area contributed by atoms with Crippen LogP contribution >= 0.6 is 0 Å². The average molecular weight is 318 g/mol. The van der Waals surface area contributed by atoms with Gasteiger partial charge >= 0.3 is 0 Å². The molecular formula is C22H25Si. The van der Waals surface area contributed by atoms with Gasteiger partial charge in [0.15, 0.2) is 0 Å². The molecule has 1 atom stereocenters. The summed E-state index contributed by atoms with van der Waals surface area (Å²) in [5.74, 6) is 0.610. The molecule has 0 spiro atoms. The summed E-state index contributed by atoms with van der Waals surface area (Å²) in [4.78, 5) is 0. The summed E-state index contributed by atoms with van der Waals surface area (Å²) in [6.45, 7) is 7.13. The molecule has 0 N–H and O–H groups in total. The summed E-state index contributed by atoms with van der Waals surface area (Å²) in [6.07, 6.45) is 8.13. The van der Waals surface area contributed by atoms with Crippen molar-refractivity contribution in [2.24, 2.45) is 5.92 Å². The molecule has 0 aromatic heterocycles. The quantitative estimate of drug-likeness (QED) is 0.711. The molecule has 0 aliphatic heterocycles. The summed E-state index contributed by atoms with van der Waals surface area (Å²) in [7, 11) is -1.95. The van der Waals surface area contributed by atoms with Crippen LogP contribution in [0.1, 0.15) is 20.3 Å². The van der Waals surface area contributed by atoms with Crippen molar-refractivity contribution in [2.45, 2.75) is 26.8 Å². The Kier molecular flexibility index (Phi) is 4.68. The number of rotatable bonds is 5. The lowest BCUT2D eigenvalue weighted by molar-refractivity contribution is 0.661. The van der Waals surface area contributed by atoms with E-state index in [1.807, 2.05) is 0 Å². The van der Waals surface area contributed by atoms with Gasteiger partial charge in [0.2, 0.25) is 0 Å². The fourth-order valence-electron chi connectivity index (χ4n) is 3.56. The zero-order valence-corrected chi connectivity index (χ0v) is 15.3. The number of hydrogen-bond donors (Lipinski definition) is 0. The van der Waals surface area contributed by atoms with Crippen LogP contribution in [0.25, 0.3) is 0 Å². The Bertz CT molecular complexity index is 658. The maximum atomic E-state index is 2.50. The summed E-state index contributed by atoms with van der Waals surface area (Å²) >= 11 is 0. The van der Waals surface area contributed by atoms with E-state index in [4.69, 9.17) is 0 Å². The molecule has 2 aromatic carbocycles. The smallest absolute Gasteiger partial charge is 0.0753 e. The zero-order chi connectivity index (χ0) is 16.3. The van der Waals surface area contributed by atoms with Gasteiger partial charge in [0, 0.05) is 5.54 Å². The second-order valence-corrected chi connectivity index (χ2v) is 10.5. The Morgan fingerprint density at radius 3 is 1.87 bits per heavy atom. The third-order valence-electron chi connectivity index (χ3n) is 5.23. The SMILES string of the molecule is CCC(C)C1=CC=C[C]1[Si](C)(c1ccccc1)c1ccccc1. The Morgan fingerprint density at radius 1 is 0.870 bits per heavy atom. The monoisotopic (exact) mass is 317 g/mol. The van der Waals surface area contributed by atoms with Gasteiger partial charge in [-0.2, -0.15) is 0 Å². The van der Waals surface area contributed by atoms with Crippen molar-refractivity contribution in [2.75, 3.05) is 0 Å². The van der Waals surface area contributed by atoms with Gasteiger partial charge in [0.05, 0.1) is 0 Å². The van der Waals surface area contributed by atoms with E-state index < -0.39 is 8.07 Å². The molecule has 0 heterocycles. The zero-order valence-electron chi connectivity index (χ0n) is 14.3.